The van der Waals surface area contributed by atoms with Gasteiger partial charge in [-0.25, -0.2) is 8.78 Å². The Morgan fingerprint density at radius 2 is 2.05 bits per heavy atom. The van der Waals surface area contributed by atoms with E-state index in [1.807, 2.05) is 6.92 Å². The maximum atomic E-state index is 13.6. The SMILES string of the molecule is CCCNCc1nnc(Nc2cc(F)c(Br)cc2F)o1. The number of hydrogen-bond acceptors (Lipinski definition) is 5. The number of nitrogens with one attached hydrogen (secondary N) is 2. The topological polar surface area (TPSA) is 63.0 Å². The Hall–Kier alpha value is -1.54. The van der Waals surface area contributed by atoms with Crippen LogP contribution in [0.25, 0.3) is 0 Å². The Morgan fingerprint density at radius 3 is 2.80 bits per heavy atom. The number of aromatic nitrogens is 2. The predicted octanol–water partition coefficient (Wildman–Crippen LogP) is 3.35. The van der Waals surface area contributed by atoms with Gasteiger partial charge in [0.2, 0.25) is 5.89 Å². The molecule has 0 unspecified atom stereocenters. The summed E-state index contributed by atoms with van der Waals surface area (Å²) in [5, 5.41) is 13.1. The van der Waals surface area contributed by atoms with E-state index < -0.39 is 11.6 Å². The first-order chi connectivity index (χ1) is 9.60. The van der Waals surface area contributed by atoms with E-state index in [1.165, 1.54) is 0 Å². The molecule has 0 aliphatic heterocycles. The number of halogens is 3. The van der Waals surface area contributed by atoms with Crippen LogP contribution in [0, 0.1) is 11.6 Å². The van der Waals surface area contributed by atoms with Crippen LogP contribution in [0.4, 0.5) is 20.5 Å². The van der Waals surface area contributed by atoms with Crippen LogP contribution in [0.15, 0.2) is 21.0 Å². The van der Waals surface area contributed by atoms with Gasteiger partial charge in [-0.3, -0.25) is 0 Å². The predicted molar refractivity (Wildman–Crippen MR) is 73.6 cm³/mol. The van der Waals surface area contributed by atoms with Crippen LogP contribution in [0.1, 0.15) is 19.2 Å². The standard InChI is InChI=1S/C12H13BrF2N4O/c1-2-3-16-6-11-18-19-12(20-11)17-10-5-8(14)7(13)4-9(10)15/h4-5,16H,2-3,6H2,1H3,(H,17,19). The lowest BCUT2D eigenvalue weighted by Gasteiger charge is -2.04. The van der Waals surface area contributed by atoms with E-state index in [-0.39, 0.29) is 16.2 Å². The highest BCUT2D eigenvalue weighted by atomic mass is 79.9. The molecule has 1 heterocycles. The lowest BCUT2D eigenvalue weighted by atomic mass is 10.3. The molecule has 0 amide bonds. The maximum Gasteiger partial charge on any atom is 0.320 e. The second-order valence-electron chi connectivity index (χ2n) is 4.05. The molecule has 0 aliphatic carbocycles. The molecule has 20 heavy (non-hydrogen) atoms. The van der Waals surface area contributed by atoms with Gasteiger partial charge in [-0.1, -0.05) is 12.0 Å². The van der Waals surface area contributed by atoms with Crippen LogP contribution in [-0.4, -0.2) is 16.7 Å². The molecule has 0 fully saturated rings. The average Bonchev–Trinajstić information content (AvgIpc) is 2.84. The van der Waals surface area contributed by atoms with Gasteiger partial charge in [0.1, 0.15) is 11.6 Å². The molecule has 0 bridgehead atoms. The fraction of sp³-hybridized carbons (Fsp3) is 0.333. The van der Waals surface area contributed by atoms with Crippen molar-refractivity contribution in [2.75, 3.05) is 11.9 Å². The number of benzene rings is 1. The third-order valence-corrected chi connectivity index (χ3v) is 3.03. The minimum atomic E-state index is -0.623. The number of anilines is 2. The second-order valence-corrected chi connectivity index (χ2v) is 4.90. The van der Waals surface area contributed by atoms with Crippen LogP contribution in [-0.2, 0) is 6.54 Å². The Balaban J connectivity index is 2.05. The second kappa shape index (κ2) is 6.76. The van der Waals surface area contributed by atoms with E-state index in [2.05, 4.69) is 36.8 Å². The zero-order valence-electron chi connectivity index (χ0n) is 10.7. The molecular weight excluding hydrogens is 334 g/mol. The van der Waals surface area contributed by atoms with Gasteiger partial charge < -0.3 is 15.1 Å². The largest absolute Gasteiger partial charge is 0.406 e. The van der Waals surface area contributed by atoms with Gasteiger partial charge in [-0.2, -0.15) is 0 Å². The highest BCUT2D eigenvalue weighted by molar-refractivity contribution is 9.10. The van der Waals surface area contributed by atoms with Gasteiger partial charge in [0.15, 0.2) is 0 Å². The first-order valence-electron chi connectivity index (χ1n) is 6.04. The average molecular weight is 347 g/mol. The summed E-state index contributed by atoms with van der Waals surface area (Å²) in [4.78, 5) is 0. The van der Waals surface area contributed by atoms with Crippen LogP contribution in [0.2, 0.25) is 0 Å². The van der Waals surface area contributed by atoms with Gasteiger partial charge >= 0.3 is 6.01 Å². The smallest absolute Gasteiger partial charge is 0.320 e. The fourth-order valence-electron chi connectivity index (χ4n) is 1.48. The van der Waals surface area contributed by atoms with Crippen molar-refractivity contribution in [1.82, 2.24) is 15.5 Å². The Morgan fingerprint density at radius 1 is 1.25 bits per heavy atom. The molecule has 5 nitrogen and oxygen atoms in total. The first-order valence-corrected chi connectivity index (χ1v) is 6.84. The molecule has 0 atom stereocenters. The fourth-order valence-corrected chi connectivity index (χ4v) is 1.80. The monoisotopic (exact) mass is 346 g/mol. The van der Waals surface area contributed by atoms with E-state index >= 15 is 0 Å². The quantitative estimate of drug-likeness (QED) is 0.620. The first kappa shape index (κ1) is 14.9. The third-order valence-electron chi connectivity index (χ3n) is 2.42. The molecule has 108 valence electrons. The van der Waals surface area contributed by atoms with E-state index in [0.717, 1.165) is 25.1 Å². The summed E-state index contributed by atoms with van der Waals surface area (Å²) in [7, 11) is 0. The minimum absolute atomic E-state index is 0.0129. The van der Waals surface area contributed by atoms with Crippen molar-refractivity contribution in [3.63, 3.8) is 0 Å². The van der Waals surface area contributed by atoms with Crippen molar-refractivity contribution in [2.45, 2.75) is 19.9 Å². The Bertz CT molecular complexity index is 591. The zero-order chi connectivity index (χ0) is 14.5. The summed E-state index contributed by atoms with van der Waals surface area (Å²) in [5.74, 6) is -0.834. The molecule has 2 aromatic rings. The highest BCUT2D eigenvalue weighted by Crippen LogP contribution is 2.25. The van der Waals surface area contributed by atoms with Crippen LogP contribution in [0.5, 0.6) is 0 Å². The molecule has 0 saturated heterocycles. The Labute approximate surface area is 122 Å². The van der Waals surface area contributed by atoms with Gasteiger partial charge in [0.05, 0.1) is 16.7 Å². The summed E-state index contributed by atoms with van der Waals surface area (Å²) in [6.07, 6.45) is 0.989. The molecule has 0 aliphatic rings. The summed E-state index contributed by atoms with van der Waals surface area (Å²) in [6.45, 7) is 3.30. The van der Waals surface area contributed by atoms with Crippen LogP contribution in [0.3, 0.4) is 0 Å². The number of nitrogens with zero attached hydrogens (tertiary/aromatic N) is 2. The van der Waals surface area contributed by atoms with Crippen molar-refractivity contribution < 1.29 is 13.2 Å². The molecule has 2 rings (SSSR count). The normalized spacial score (nSPS) is 10.8. The maximum absolute atomic E-state index is 13.6. The summed E-state index contributed by atoms with van der Waals surface area (Å²) in [5.41, 5.74) is -0.0672. The van der Waals surface area contributed by atoms with Gasteiger partial charge in [-0.05, 0) is 35.0 Å². The summed E-state index contributed by atoms with van der Waals surface area (Å²) < 4.78 is 32.3. The zero-order valence-corrected chi connectivity index (χ0v) is 12.3. The molecule has 1 aromatic carbocycles. The highest BCUT2D eigenvalue weighted by Gasteiger charge is 2.12. The van der Waals surface area contributed by atoms with Gasteiger partial charge in [-0.15, -0.1) is 5.10 Å². The van der Waals surface area contributed by atoms with Crippen molar-refractivity contribution in [2.24, 2.45) is 0 Å². The van der Waals surface area contributed by atoms with Crippen molar-refractivity contribution >= 4 is 27.6 Å². The molecule has 0 saturated carbocycles. The van der Waals surface area contributed by atoms with Crippen molar-refractivity contribution in [3.8, 4) is 0 Å². The van der Waals surface area contributed by atoms with Gasteiger partial charge in [0.25, 0.3) is 0 Å². The molecule has 0 radical (unpaired) electrons. The molecule has 8 heteroatoms. The number of rotatable bonds is 6. The van der Waals surface area contributed by atoms with E-state index in [0.29, 0.717) is 12.4 Å². The molecule has 2 N–H and O–H groups in total. The van der Waals surface area contributed by atoms with Crippen LogP contribution >= 0.6 is 15.9 Å². The van der Waals surface area contributed by atoms with Crippen molar-refractivity contribution in [3.05, 3.63) is 34.1 Å². The van der Waals surface area contributed by atoms with Gasteiger partial charge in [0, 0.05) is 6.07 Å². The lowest BCUT2D eigenvalue weighted by Crippen LogP contribution is -2.13. The Kier molecular flexibility index (Phi) is 5.02. The summed E-state index contributed by atoms with van der Waals surface area (Å²) >= 11 is 2.90. The number of hydrogen-bond donors (Lipinski definition) is 2. The lowest BCUT2D eigenvalue weighted by molar-refractivity contribution is 0.479. The van der Waals surface area contributed by atoms with E-state index in [4.69, 9.17) is 4.42 Å². The van der Waals surface area contributed by atoms with E-state index in [9.17, 15) is 8.78 Å². The van der Waals surface area contributed by atoms with E-state index in [1.54, 1.807) is 0 Å². The van der Waals surface area contributed by atoms with Crippen molar-refractivity contribution in [1.29, 1.82) is 0 Å². The third kappa shape index (κ3) is 3.73. The molecule has 1 aromatic heterocycles. The molecule has 0 spiro atoms. The van der Waals surface area contributed by atoms with Crippen LogP contribution < -0.4 is 10.6 Å². The minimum Gasteiger partial charge on any atom is -0.406 e. The molecular formula is C12H13BrF2N4O. The summed E-state index contributed by atoms with van der Waals surface area (Å²) in [6, 6.07) is 2.05.